The molecule has 1 N–H and O–H groups in total. The lowest BCUT2D eigenvalue weighted by Gasteiger charge is -2.10. The highest BCUT2D eigenvalue weighted by molar-refractivity contribution is 9.10. The minimum absolute atomic E-state index is 0.0254. The van der Waals surface area contributed by atoms with Crippen LogP contribution in [0.15, 0.2) is 82.2 Å². The first-order valence-corrected chi connectivity index (χ1v) is 10.4. The van der Waals surface area contributed by atoms with E-state index in [0.717, 1.165) is 5.56 Å². The average molecular weight is 464 g/mol. The van der Waals surface area contributed by atoms with Gasteiger partial charge in [0.1, 0.15) is 23.1 Å². The molecule has 0 spiro atoms. The number of carbonyl (C=O) groups is 1. The summed E-state index contributed by atoms with van der Waals surface area (Å²) in [5, 5.41) is 0. The molecule has 0 saturated carbocycles. The molecule has 8 heteroatoms. The monoisotopic (exact) mass is 463 g/mol. The summed E-state index contributed by atoms with van der Waals surface area (Å²) in [4.78, 5) is 12.3. The third kappa shape index (κ3) is 4.96. The van der Waals surface area contributed by atoms with Crippen LogP contribution >= 0.6 is 15.9 Å². The van der Waals surface area contributed by atoms with E-state index >= 15 is 0 Å². The molecule has 0 saturated heterocycles. The summed E-state index contributed by atoms with van der Waals surface area (Å²) in [5.41, 5.74) is 0.965. The van der Waals surface area contributed by atoms with Crippen LogP contribution in [0.3, 0.4) is 0 Å². The van der Waals surface area contributed by atoms with Crippen LogP contribution in [-0.2, 0) is 16.6 Å². The Labute approximate surface area is 170 Å². The van der Waals surface area contributed by atoms with Gasteiger partial charge in [-0.1, -0.05) is 24.3 Å². The van der Waals surface area contributed by atoms with Gasteiger partial charge in [0.25, 0.3) is 15.9 Å². The fraction of sp³-hybridized carbons (Fsp3) is 0.0500. The standard InChI is InChI=1S/C20H15BrFNO4S/c21-18-3-1-2-4-19(18)28(25,26)23-20(24)15-7-11-17(12-8-15)27-13-14-5-9-16(22)10-6-14/h1-12H,13H2,(H,23,24). The number of ether oxygens (including phenoxy) is 1. The number of rotatable bonds is 6. The topological polar surface area (TPSA) is 72.5 Å². The molecule has 0 aliphatic carbocycles. The summed E-state index contributed by atoms with van der Waals surface area (Å²) in [6, 6.07) is 18.2. The van der Waals surface area contributed by atoms with Crippen LogP contribution in [0.25, 0.3) is 0 Å². The summed E-state index contributed by atoms with van der Waals surface area (Å²) >= 11 is 3.16. The van der Waals surface area contributed by atoms with Gasteiger partial charge in [-0.15, -0.1) is 0 Å². The summed E-state index contributed by atoms with van der Waals surface area (Å²) < 4.78 is 45.6. The fourth-order valence-electron chi connectivity index (χ4n) is 2.35. The lowest BCUT2D eigenvalue weighted by Crippen LogP contribution is -2.30. The van der Waals surface area contributed by atoms with E-state index in [1.54, 1.807) is 42.5 Å². The van der Waals surface area contributed by atoms with Crippen molar-refractivity contribution in [3.63, 3.8) is 0 Å². The zero-order chi connectivity index (χ0) is 20.1. The van der Waals surface area contributed by atoms with Gasteiger partial charge >= 0.3 is 0 Å². The van der Waals surface area contributed by atoms with Gasteiger partial charge < -0.3 is 4.74 Å². The van der Waals surface area contributed by atoms with Gasteiger partial charge in [0, 0.05) is 10.0 Å². The summed E-state index contributed by atoms with van der Waals surface area (Å²) in [7, 11) is -4.01. The van der Waals surface area contributed by atoms with Crippen molar-refractivity contribution in [2.45, 2.75) is 11.5 Å². The van der Waals surface area contributed by atoms with E-state index in [0.29, 0.717) is 10.2 Å². The molecule has 3 aromatic rings. The number of sulfonamides is 1. The first kappa shape index (κ1) is 20.0. The predicted octanol–water partition coefficient (Wildman–Crippen LogP) is 4.29. The molecule has 3 rings (SSSR count). The largest absolute Gasteiger partial charge is 0.489 e. The molecule has 1 amide bonds. The molecule has 144 valence electrons. The zero-order valence-electron chi connectivity index (χ0n) is 14.4. The molecule has 0 bridgehead atoms. The Bertz CT molecular complexity index is 1080. The molecule has 0 aliphatic heterocycles. The maximum atomic E-state index is 12.9. The molecule has 28 heavy (non-hydrogen) atoms. The SMILES string of the molecule is O=C(NS(=O)(=O)c1ccccc1Br)c1ccc(OCc2ccc(F)cc2)cc1. The van der Waals surface area contributed by atoms with E-state index in [4.69, 9.17) is 4.74 Å². The molecular weight excluding hydrogens is 449 g/mol. The number of amides is 1. The van der Waals surface area contributed by atoms with Gasteiger partial charge in [-0.25, -0.2) is 17.5 Å². The minimum atomic E-state index is -4.01. The number of nitrogens with one attached hydrogen (secondary N) is 1. The summed E-state index contributed by atoms with van der Waals surface area (Å²) in [6.07, 6.45) is 0. The van der Waals surface area contributed by atoms with E-state index in [2.05, 4.69) is 15.9 Å². The second kappa shape index (κ2) is 8.53. The Morgan fingerprint density at radius 1 is 0.964 bits per heavy atom. The van der Waals surface area contributed by atoms with E-state index in [1.807, 2.05) is 4.72 Å². The van der Waals surface area contributed by atoms with Crippen LogP contribution in [-0.4, -0.2) is 14.3 Å². The van der Waals surface area contributed by atoms with Gasteiger partial charge in [-0.2, -0.15) is 0 Å². The van der Waals surface area contributed by atoms with Crippen molar-refractivity contribution in [3.05, 3.63) is 94.2 Å². The van der Waals surface area contributed by atoms with E-state index < -0.39 is 15.9 Å². The highest BCUT2D eigenvalue weighted by Crippen LogP contribution is 2.21. The maximum Gasteiger partial charge on any atom is 0.265 e. The molecule has 0 atom stereocenters. The van der Waals surface area contributed by atoms with Gasteiger partial charge in [0.05, 0.1) is 0 Å². The fourth-order valence-corrected chi connectivity index (χ4v) is 4.33. The highest BCUT2D eigenvalue weighted by Gasteiger charge is 2.20. The Balaban J connectivity index is 1.65. The highest BCUT2D eigenvalue weighted by atomic mass is 79.9. The molecule has 0 aliphatic rings. The zero-order valence-corrected chi connectivity index (χ0v) is 16.8. The van der Waals surface area contributed by atoms with Gasteiger partial charge in [-0.05, 0) is 70.0 Å². The van der Waals surface area contributed by atoms with E-state index in [-0.39, 0.29) is 22.9 Å². The van der Waals surface area contributed by atoms with Crippen LogP contribution in [0.4, 0.5) is 4.39 Å². The Kier molecular flexibility index (Phi) is 6.11. The second-order valence-corrected chi connectivity index (χ2v) is 8.31. The Morgan fingerprint density at radius 2 is 1.61 bits per heavy atom. The van der Waals surface area contributed by atoms with Crippen molar-refractivity contribution in [3.8, 4) is 5.75 Å². The Hall–Kier alpha value is -2.71. The van der Waals surface area contributed by atoms with Crippen LogP contribution < -0.4 is 9.46 Å². The number of hydrogen-bond acceptors (Lipinski definition) is 4. The number of benzene rings is 3. The average Bonchev–Trinajstić information content (AvgIpc) is 2.68. The lowest BCUT2D eigenvalue weighted by molar-refractivity contribution is 0.0981. The normalized spacial score (nSPS) is 11.1. The second-order valence-electron chi connectivity index (χ2n) is 5.80. The van der Waals surface area contributed by atoms with Crippen LogP contribution in [0.1, 0.15) is 15.9 Å². The third-order valence-electron chi connectivity index (χ3n) is 3.79. The van der Waals surface area contributed by atoms with Crippen molar-refractivity contribution in [2.24, 2.45) is 0 Å². The predicted molar refractivity (Wildman–Crippen MR) is 106 cm³/mol. The molecule has 0 radical (unpaired) electrons. The molecule has 0 unspecified atom stereocenters. The van der Waals surface area contributed by atoms with Gasteiger partial charge in [0.15, 0.2) is 0 Å². The van der Waals surface area contributed by atoms with Crippen molar-refractivity contribution in [1.29, 1.82) is 0 Å². The third-order valence-corrected chi connectivity index (χ3v) is 6.13. The molecular formula is C20H15BrFNO4S. The lowest BCUT2D eigenvalue weighted by atomic mass is 10.2. The molecule has 0 aromatic heterocycles. The van der Waals surface area contributed by atoms with Gasteiger partial charge in [-0.3, -0.25) is 4.79 Å². The molecule has 0 fully saturated rings. The smallest absolute Gasteiger partial charge is 0.265 e. The van der Waals surface area contributed by atoms with E-state index in [1.165, 1.54) is 30.3 Å². The number of hydrogen-bond donors (Lipinski definition) is 1. The van der Waals surface area contributed by atoms with Crippen molar-refractivity contribution in [1.82, 2.24) is 4.72 Å². The Morgan fingerprint density at radius 3 is 2.25 bits per heavy atom. The molecule has 0 heterocycles. The van der Waals surface area contributed by atoms with Crippen molar-refractivity contribution >= 4 is 31.9 Å². The summed E-state index contributed by atoms with van der Waals surface area (Å²) in [5.74, 6) is -0.577. The van der Waals surface area contributed by atoms with Crippen LogP contribution in [0, 0.1) is 5.82 Å². The number of halogens is 2. The van der Waals surface area contributed by atoms with Crippen molar-refractivity contribution in [2.75, 3.05) is 0 Å². The summed E-state index contributed by atoms with van der Waals surface area (Å²) in [6.45, 7) is 0.238. The molecule has 3 aromatic carbocycles. The first-order chi connectivity index (χ1) is 13.3. The van der Waals surface area contributed by atoms with E-state index in [9.17, 15) is 17.6 Å². The van der Waals surface area contributed by atoms with Gasteiger partial charge in [0.2, 0.25) is 0 Å². The maximum absolute atomic E-state index is 12.9. The first-order valence-electron chi connectivity index (χ1n) is 8.14. The van der Waals surface area contributed by atoms with Crippen molar-refractivity contribution < 1.29 is 22.3 Å². The van der Waals surface area contributed by atoms with Crippen LogP contribution in [0.2, 0.25) is 0 Å². The number of carbonyl (C=O) groups excluding carboxylic acids is 1. The quantitative estimate of drug-likeness (QED) is 0.591. The minimum Gasteiger partial charge on any atom is -0.489 e. The molecule has 5 nitrogen and oxygen atoms in total. The van der Waals surface area contributed by atoms with Crippen LogP contribution in [0.5, 0.6) is 5.75 Å².